The second-order valence-electron chi connectivity index (χ2n) is 11.7. The number of esters is 4. The number of non-ortho nitro benzene ring substituents is 1. The van der Waals surface area contributed by atoms with Gasteiger partial charge >= 0.3 is 23.9 Å². The molecule has 0 bridgehead atoms. The van der Waals surface area contributed by atoms with E-state index in [0.29, 0.717) is 5.56 Å². The molecule has 0 aliphatic carbocycles. The first-order valence-electron chi connectivity index (χ1n) is 15.8. The van der Waals surface area contributed by atoms with Crippen LogP contribution in [0.1, 0.15) is 39.5 Å². The van der Waals surface area contributed by atoms with Gasteiger partial charge in [0.25, 0.3) is 5.69 Å². The first-order valence-corrected chi connectivity index (χ1v) is 15.8. The van der Waals surface area contributed by atoms with E-state index in [9.17, 15) is 34.4 Å². The molecule has 3 saturated heterocycles. The number of nitrogens with zero attached hydrogens (tertiary/aromatic N) is 1. The van der Waals surface area contributed by atoms with E-state index in [2.05, 4.69) is 0 Å². The average molecular weight is 720 g/mol. The molecule has 0 saturated carbocycles. The summed E-state index contributed by atoms with van der Waals surface area (Å²) in [6.45, 7) is 3.78. The summed E-state index contributed by atoms with van der Waals surface area (Å²) in [5, 5.41) is 23.1. The molecule has 5 rings (SSSR count). The molecule has 2 aromatic carbocycles. The Balaban J connectivity index is 1.50. The van der Waals surface area contributed by atoms with E-state index in [-0.39, 0.29) is 18.0 Å². The number of ether oxygens (including phenoxy) is 10. The van der Waals surface area contributed by atoms with Gasteiger partial charge in [0.05, 0.1) is 11.5 Å². The second-order valence-corrected chi connectivity index (χ2v) is 11.7. The number of nitro groups is 1. The number of aliphatic hydroxyl groups is 1. The largest absolute Gasteiger partial charge is 0.463 e. The SMILES string of the molecule is CC(=O)OC[C@H]1O[C@H](O[C@@H]2[C@@H](Oc3ccc([N+](=O)[O-])cc3)O[C@@H]3COC(c4ccccc4)O[C@H]3[C@@H]2O)[C@@H](OC(C)=O)[C@@H](OC(C)=O)[C@@H]1OC(C)=O. The molecule has 3 aliphatic heterocycles. The maximum atomic E-state index is 12.4. The highest BCUT2D eigenvalue weighted by molar-refractivity contribution is 5.68. The van der Waals surface area contributed by atoms with Gasteiger partial charge in [-0.25, -0.2) is 0 Å². The lowest BCUT2D eigenvalue weighted by Gasteiger charge is -2.49. The van der Waals surface area contributed by atoms with Crippen molar-refractivity contribution < 1.29 is 76.6 Å². The number of fused-ring (bicyclic) bond motifs is 1. The summed E-state index contributed by atoms with van der Waals surface area (Å²) in [4.78, 5) is 59.2. The molecular weight excluding hydrogens is 682 g/mol. The molecule has 2 aromatic rings. The Hall–Kier alpha value is -4.72. The molecule has 0 amide bonds. The monoisotopic (exact) mass is 719 g/mol. The highest BCUT2D eigenvalue weighted by atomic mass is 16.8. The van der Waals surface area contributed by atoms with Gasteiger partial charge in [-0.15, -0.1) is 0 Å². The third kappa shape index (κ3) is 9.34. The molecule has 3 heterocycles. The zero-order valence-corrected chi connectivity index (χ0v) is 27.9. The van der Waals surface area contributed by atoms with Gasteiger partial charge in [0.1, 0.15) is 36.8 Å². The smallest absolute Gasteiger partial charge is 0.303 e. The lowest BCUT2D eigenvalue weighted by atomic mass is 9.96. The summed E-state index contributed by atoms with van der Waals surface area (Å²) in [6.07, 6.45) is -15.1. The van der Waals surface area contributed by atoms with E-state index in [0.717, 1.165) is 27.7 Å². The highest BCUT2D eigenvalue weighted by Crippen LogP contribution is 2.38. The topological polar surface area (TPSA) is 224 Å². The number of carbonyl (C=O) groups excluding carboxylic acids is 4. The van der Waals surface area contributed by atoms with Crippen LogP contribution in [0.3, 0.4) is 0 Å². The summed E-state index contributed by atoms with van der Waals surface area (Å²) < 4.78 is 58.2. The maximum absolute atomic E-state index is 12.4. The number of carbonyl (C=O) groups is 4. The molecular formula is C33H37NO17. The highest BCUT2D eigenvalue weighted by Gasteiger charge is 2.57. The number of benzene rings is 2. The number of hydrogen-bond acceptors (Lipinski definition) is 17. The third-order valence-electron chi connectivity index (χ3n) is 7.92. The van der Waals surface area contributed by atoms with Crippen LogP contribution in [0.5, 0.6) is 5.75 Å². The van der Waals surface area contributed by atoms with Crippen molar-refractivity contribution in [3.8, 4) is 5.75 Å². The molecule has 51 heavy (non-hydrogen) atoms. The van der Waals surface area contributed by atoms with Crippen LogP contribution in [-0.4, -0.2) is 109 Å². The summed E-state index contributed by atoms with van der Waals surface area (Å²) in [7, 11) is 0. The molecule has 3 aliphatic rings. The molecule has 1 N–H and O–H groups in total. The van der Waals surface area contributed by atoms with Crippen LogP contribution in [0.4, 0.5) is 5.69 Å². The van der Waals surface area contributed by atoms with Crippen molar-refractivity contribution >= 4 is 29.6 Å². The van der Waals surface area contributed by atoms with Crippen LogP contribution >= 0.6 is 0 Å². The van der Waals surface area contributed by atoms with Crippen molar-refractivity contribution in [3.05, 3.63) is 70.3 Å². The minimum Gasteiger partial charge on any atom is -0.463 e. The Morgan fingerprint density at radius 2 is 1.41 bits per heavy atom. The van der Waals surface area contributed by atoms with E-state index in [4.69, 9.17) is 47.4 Å². The van der Waals surface area contributed by atoms with Crippen LogP contribution in [0.2, 0.25) is 0 Å². The van der Waals surface area contributed by atoms with Crippen molar-refractivity contribution in [1.29, 1.82) is 0 Å². The average Bonchev–Trinajstić information content (AvgIpc) is 3.08. The minimum absolute atomic E-state index is 0.0484. The van der Waals surface area contributed by atoms with E-state index in [1.165, 1.54) is 24.3 Å². The fourth-order valence-electron chi connectivity index (χ4n) is 5.82. The number of rotatable bonds is 11. The van der Waals surface area contributed by atoms with Crippen molar-refractivity contribution in [2.24, 2.45) is 0 Å². The molecule has 276 valence electrons. The van der Waals surface area contributed by atoms with Crippen LogP contribution in [0, 0.1) is 10.1 Å². The zero-order valence-electron chi connectivity index (χ0n) is 27.9. The molecule has 3 fully saturated rings. The third-order valence-corrected chi connectivity index (χ3v) is 7.92. The summed E-state index contributed by atoms with van der Waals surface area (Å²) >= 11 is 0. The van der Waals surface area contributed by atoms with Gasteiger partial charge in [-0.3, -0.25) is 29.3 Å². The van der Waals surface area contributed by atoms with Crippen molar-refractivity contribution in [2.75, 3.05) is 13.2 Å². The summed E-state index contributed by atoms with van der Waals surface area (Å²) in [5.41, 5.74) is 0.447. The van der Waals surface area contributed by atoms with Crippen molar-refractivity contribution in [2.45, 2.75) is 95.4 Å². The number of nitro benzene ring substituents is 1. The van der Waals surface area contributed by atoms with Gasteiger partial charge in [-0.05, 0) is 12.1 Å². The van der Waals surface area contributed by atoms with E-state index >= 15 is 0 Å². The molecule has 11 atom stereocenters. The summed E-state index contributed by atoms with van der Waals surface area (Å²) in [6, 6.07) is 13.9. The van der Waals surface area contributed by atoms with Crippen LogP contribution in [-0.2, 0) is 61.8 Å². The van der Waals surface area contributed by atoms with Crippen molar-refractivity contribution in [3.63, 3.8) is 0 Å². The quantitative estimate of drug-likeness (QED) is 0.151. The normalized spacial score (nSPS) is 31.7. The molecule has 18 nitrogen and oxygen atoms in total. The van der Waals surface area contributed by atoms with Crippen LogP contribution in [0.15, 0.2) is 54.6 Å². The Morgan fingerprint density at radius 3 is 2.02 bits per heavy atom. The predicted molar refractivity (Wildman–Crippen MR) is 165 cm³/mol. The van der Waals surface area contributed by atoms with E-state index < -0.39 is 103 Å². The first kappa shape index (κ1) is 37.5. The number of hydrogen-bond donors (Lipinski definition) is 1. The van der Waals surface area contributed by atoms with Gasteiger partial charge in [0.2, 0.25) is 6.29 Å². The molecule has 0 radical (unpaired) electrons. The molecule has 0 aromatic heterocycles. The standard InChI is InChI=1S/C33H37NO17/c1-16(35)42-14-24-27(44-17(2)36)29(45-18(3)37)30(46-19(4)38)33(49-24)51-28-25(39)26-23(15-43-31(50-26)20-8-6-5-7-9-20)48-32(28)47-22-12-10-21(11-13-22)34(40)41/h5-13,23-33,39H,14-15H2,1-4H3/t23-,24-,25+,26-,27-,28+,29+,30+,31?,32+,33-/m1/s1. The van der Waals surface area contributed by atoms with E-state index in [1.807, 2.05) is 6.07 Å². The van der Waals surface area contributed by atoms with Crippen molar-refractivity contribution in [1.82, 2.24) is 0 Å². The van der Waals surface area contributed by atoms with Crippen LogP contribution in [0.25, 0.3) is 0 Å². The summed E-state index contributed by atoms with van der Waals surface area (Å²) in [5.74, 6) is -3.17. The Morgan fingerprint density at radius 1 is 0.784 bits per heavy atom. The Bertz CT molecular complexity index is 1550. The fraction of sp³-hybridized carbons (Fsp3) is 0.515. The Labute approximate surface area is 290 Å². The van der Waals surface area contributed by atoms with Gasteiger partial charge in [0, 0.05) is 45.4 Å². The zero-order chi connectivity index (χ0) is 36.8. The Kier molecular flexibility index (Phi) is 12.2. The number of aliphatic hydroxyl groups excluding tert-OH is 1. The van der Waals surface area contributed by atoms with Gasteiger partial charge in [-0.2, -0.15) is 0 Å². The molecule has 18 heteroatoms. The van der Waals surface area contributed by atoms with E-state index in [1.54, 1.807) is 24.3 Å². The maximum Gasteiger partial charge on any atom is 0.303 e. The fourth-order valence-corrected chi connectivity index (χ4v) is 5.82. The molecule has 1 unspecified atom stereocenters. The predicted octanol–water partition coefficient (Wildman–Crippen LogP) is 1.64. The second kappa shape index (κ2) is 16.5. The van der Waals surface area contributed by atoms with Crippen LogP contribution < -0.4 is 4.74 Å². The lowest BCUT2D eigenvalue weighted by Crippen LogP contribution is -2.67. The molecule has 0 spiro atoms. The lowest BCUT2D eigenvalue weighted by molar-refractivity contribution is -0.385. The van der Waals surface area contributed by atoms with Gasteiger partial charge < -0.3 is 52.5 Å². The van der Waals surface area contributed by atoms with Gasteiger partial charge in [0.15, 0.2) is 37.0 Å². The minimum atomic E-state index is -1.71. The van der Waals surface area contributed by atoms with Gasteiger partial charge in [-0.1, -0.05) is 30.3 Å². The first-order chi connectivity index (χ1) is 24.3.